The predicted molar refractivity (Wildman–Crippen MR) is 146 cm³/mol. The smallest absolute Gasteiger partial charge is 0.217 e. The number of carbonyl (C=O) groups excluding carboxylic acids is 1. The molecule has 15 atom stereocenters. The van der Waals surface area contributed by atoms with Crippen molar-refractivity contribution in [2.24, 2.45) is 0 Å². The molecule has 10 N–H and O–H groups in total. The summed E-state index contributed by atoms with van der Waals surface area (Å²) < 4.78 is 35.5. The van der Waals surface area contributed by atoms with Crippen LogP contribution in [0, 0.1) is 0 Å². The largest absolute Gasteiger partial charge is 0.394 e. The Balaban J connectivity index is 1.50. The zero-order valence-corrected chi connectivity index (χ0v) is 25.2. The number of aryl methyl sites for hydroxylation is 1. The van der Waals surface area contributed by atoms with Crippen LogP contribution in [-0.4, -0.2) is 179 Å². The summed E-state index contributed by atoms with van der Waals surface area (Å²) in [4.78, 5) is 12.0. The van der Waals surface area contributed by atoms with E-state index in [1.807, 2.05) is 6.92 Å². The Labute approximate surface area is 263 Å². The van der Waals surface area contributed by atoms with Crippen LogP contribution in [0.25, 0.3) is 0 Å². The number of aliphatic hydroxyl groups is 9. The molecule has 4 heterocycles. The molecule has 0 aliphatic carbocycles. The molecule has 0 radical (unpaired) electrons. The zero-order valence-electron chi connectivity index (χ0n) is 25.2. The monoisotopic (exact) mass is 668 g/mol. The minimum Gasteiger partial charge on any atom is -0.394 e. The lowest BCUT2D eigenvalue weighted by molar-refractivity contribution is -0.376. The van der Waals surface area contributed by atoms with Crippen LogP contribution in [0.5, 0.6) is 0 Å². The van der Waals surface area contributed by atoms with Gasteiger partial charge in [-0.2, -0.15) is 0 Å². The van der Waals surface area contributed by atoms with Crippen molar-refractivity contribution >= 4 is 5.91 Å². The first-order valence-electron chi connectivity index (χ1n) is 14.9. The molecule has 46 heavy (non-hydrogen) atoms. The molecule has 3 aliphatic heterocycles. The van der Waals surface area contributed by atoms with Crippen LogP contribution < -0.4 is 5.32 Å². The molecule has 0 bridgehead atoms. The van der Waals surface area contributed by atoms with Gasteiger partial charge in [-0.3, -0.25) is 9.48 Å². The average Bonchev–Trinajstić information content (AvgIpc) is 3.48. The highest BCUT2D eigenvalue weighted by Crippen LogP contribution is 2.33. The van der Waals surface area contributed by atoms with Crippen molar-refractivity contribution in [1.29, 1.82) is 0 Å². The van der Waals surface area contributed by atoms with E-state index in [1.165, 1.54) is 6.92 Å². The van der Waals surface area contributed by atoms with Crippen molar-refractivity contribution < 1.29 is 79.2 Å². The van der Waals surface area contributed by atoms with Gasteiger partial charge >= 0.3 is 0 Å². The number of nitrogens with one attached hydrogen (secondary N) is 1. The lowest BCUT2D eigenvalue weighted by Crippen LogP contribution is -2.68. The maximum Gasteiger partial charge on any atom is 0.217 e. The van der Waals surface area contributed by atoms with Gasteiger partial charge in [-0.05, 0) is 6.42 Å². The summed E-state index contributed by atoms with van der Waals surface area (Å²) in [6.07, 6.45) is -20.5. The van der Waals surface area contributed by atoms with Crippen molar-refractivity contribution in [2.75, 3.05) is 19.8 Å². The lowest BCUT2D eigenvalue weighted by atomic mass is 9.95. The Morgan fingerprint density at radius 1 is 0.804 bits per heavy atom. The molecule has 1 amide bonds. The summed E-state index contributed by atoms with van der Waals surface area (Å²) in [5, 5.41) is 104. The molecule has 4 rings (SSSR count). The van der Waals surface area contributed by atoms with Crippen LogP contribution in [0.2, 0.25) is 0 Å². The Bertz CT molecular complexity index is 1100. The van der Waals surface area contributed by atoms with E-state index in [9.17, 15) is 50.8 Å². The summed E-state index contributed by atoms with van der Waals surface area (Å²) in [5.41, 5.74) is 0.435. The number of ether oxygens (including phenoxy) is 6. The van der Waals surface area contributed by atoms with Crippen LogP contribution in [0.4, 0.5) is 0 Å². The van der Waals surface area contributed by atoms with Gasteiger partial charge in [-0.15, -0.1) is 5.10 Å². The van der Waals surface area contributed by atoms with E-state index in [0.29, 0.717) is 12.2 Å². The number of nitrogens with zero attached hydrogens (tertiary/aromatic N) is 3. The molecule has 1 aromatic heterocycles. The summed E-state index contributed by atoms with van der Waals surface area (Å²) in [6.45, 7) is 1.34. The second kappa shape index (κ2) is 16.4. The lowest BCUT2D eigenvalue weighted by Gasteiger charge is -2.48. The van der Waals surface area contributed by atoms with Gasteiger partial charge in [0.1, 0.15) is 78.9 Å². The second-order valence-corrected chi connectivity index (χ2v) is 11.3. The van der Waals surface area contributed by atoms with Gasteiger partial charge in [0.15, 0.2) is 18.9 Å². The second-order valence-electron chi connectivity index (χ2n) is 11.3. The molecule has 1 aromatic rings. The van der Waals surface area contributed by atoms with E-state index < -0.39 is 118 Å². The quantitative estimate of drug-likeness (QED) is 0.0935. The van der Waals surface area contributed by atoms with Gasteiger partial charge < -0.3 is 79.7 Å². The van der Waals surface area contributed by atoms with Gasteiger partial charge in [0.25, 0.3) is 0 Å². The molecule has 3 aliphatic rings. The fourth-order valence-electron chi connectivity index (χ4n) is 5.49. The number of aromatic nitrogens is 3. The highest BCUT2D eigenvalue weighted by molar-refractivity contribution is 5.73. The number of hydrogen-bond donors (Lipinski definition) is 10. The molecule has 20 heteroatoms. The Morgan fingerprint density at radius 3 is 2.00 bits per heavy atom. The molecule has 20 nitrogen and oxygen atoms in total. The molecule has 3 fully saturated rings. The van der Waals surface area contributed by atoms with Gasteiger partial charge in [-0.25, -0.2) is 0 Å². The van der Waals surface area contributed by atoms with Crippen molar-refractivity contribution in [2.45, 2.75) is 125 Å². The van der Waals surface area contributed by atoms with Crippen LogP contribution >= 0.6 is 0 Å². The van der Waals surface area contributed by atoms with Crippen LogP contribution in [-0.2, 0) is 46.4 Å². The Morgan fingerprint density at radius 2 is 1.39 bits per heavy atom. The van der Waals surface area contributed by atoms with Crippen molar-refractivity contribution in [3.63, 3.8) is 0 Å². The molecule has 0 spiro atoms. The molecule has 0 aromatic carbocycles. The minimum absolute atomic E-state index is 0.127. The van der Waals surface area contributed by atoms with Crippen molar-refractivity contribution in [1.82, 2.24) is 20.3 Å². The number of hydrogen-bond acceptors (Lipinski definition) is 18. The third kappa shape index (κ3) is 8.17. The third-order valence-electron chi connectivity index (χ3n) is 7.91. The molecular formula is C26H44N4O16. The standard InChI is InChI=1S/C26H44N4O16/c1-3-4-30-5-11(28-29-30)9-41-24-15(27-10(2)34)18(37)22(14(8-33)44-24)45-26-21(40)23(17(36)13(7-32)43-26)46-25-20(39)19(38)16(35)12(6-31)42-25/h5,12-26,31-33,35-40H,3-4,6-9H2,1-2H3,(H,27,34)/t12?,13?,14?,15?,16-,17-,18?,19?,20?,21?,22+,23?,24+,25+,26-/m0/s1. The van der Waals surface area contributed by atoms with Gasteiger partial charge in [0.2, 0.25) is 5.91 Å². The number of rotatable bonds is 13. The van der Waals surface area contributed by atoms with Gasteiger partial charge in [0.05, 0.1) is 32.6 Å². The predicted octanol–water partition coefficient (Wildman–Crippen LogP) is -6.20. The van der Waals surface area contributed by atoms with Crippen molar-refractivity contribution in [3.05, 3.63) is 11.9 Å². The van der Waals surface area contributed by atoms with E-state index >= 15 is 0 Å². The topological polar surface area (TPSA) is 297 Å². The average molecular weight is 669 g/mol. The fourth-order valence-corrected chi connectivity index (χ4v) is 5.49. The summed E-state index contributed by atoms with van der Waals surface area (Å²) >= 11 is 0. The first kappa shape index (κ1) is 36.8. The normalized spacial score (nSPS) is 41.8. The van der Waals surface area contributed by atoms with E-state index in [2.05, 4.69) is 15.6 Å². The third-order valence-corrected chi connectivity index (χ3v) is 7.91. The highest BCUT2D eigenvalue weighted by atomic mass is 16.8. The van der Waals surface area contributed by atoms with E-state index in [0.717, 1.165) is 6.42 Å². The molecular weight excluding hydrogens is 624 g/mol. The van der Waals surface area contributed by atoms with E-state index in [1.54, 1.807) is 10.9 Å². The highest BCUT2D eigenvalue weighted by Gasteiger charge is 2.54. The maximum absolute atomic E-state index is 12.0. The minimum atomic E-state index is -1.92. The van der Waals surface area contributed by atoms with Gasteiger partial charge in [-0.1, -0.05) is 12.1 Å². The van der Waals surface area contributed by atoms with Crippen LogP contribution in [0.3, 0.4) is 0 Å². The molecule has 3 saturated heterocycles. The van der Waals surface area contributed by atoms with Crippen LogP contribution in [0.1, 0.15) is 26.0 Å². The SMILES string of the molecule is CCCn1cc(CO[C@@H]2OC(CO)[C@@H](O[C@@H]3OC(CO)[C@H](O)C(O[C@H]4OC(CO)[C@H](O)C(O)C4O)C3O)C(O)C2NC(C)=O)nn1. The maximum atomic E-state index is 12.0. The Hall–Kier alpha value is -1.99. The molecule has 264 valence electrons. The van der Waals surface area contributed by atoms with Crippen LogP contribution in [0.15, 0.2) is 6.20 Å². The first-order chi connectivity index (χ1) is 21.9. The number of carbonyl (C=O) groups is 1. The Kier molecular flexibility index (Phi) is 13.1. The zero-order chi connectivity index (χ0) is 33.7. The number of amides is 1. The van der Waals surface area contributed by atoms with E-state index in [-0.39, 0.29) is 6.61 Å². The fraction of sp³-hybridized carbons (Fsp3) is 0.885. The summed E-state index contributed by atoms with van der Waals surface area (Å²) in [6, 6.07) is -1.27. The first-order valence-corrected chi connectivity index (χ1v) is 14.9. The summed E-state index contributed by atoms with van der Waals surface area (Å²) in [5.74, 6) is -0.568. The summed E-state index contributed by atoms with van der Waals surface area (Å²) in [7, 11) is 0. The van der Waals surface area contributed by atoms with E-state index in [4.69, 9.17) is 28.4 Å². The van der Waals surface area contributed by atoms with Gasteiger partial charge in [0, 0.05) is 13.5 Å². The number of aliphatic hydroxyl groups excluding tert-OH is 9. The van der Waals surface area contributed by atoms with Crippen molar-refractivity contribution in [3.8, 4) is 0 Å². The molecule has 0 saturated carbocycles. The molecule has 9 unspecified atom stereocenters.